The minimum absolute atomic E-state index is 0.0797. The topological polar surface area (TPSA) is 35.5 Å². The van der Waals surface area contributed by atoms with Gasteiger partial charge < -0.3 is 9.47 Å². The molecule has 0 atom stereocenters. The molecule has 0 N–H and O–H groups in total. The molecule has 0 unspecified atom stereocenters. The van der Waals surface area contributed by atoms with Crippen LogP contribution < -0.4 is 9.47 Å². The van der Waals surface area contributed by atoms with Crippen molar-refractivity contribution in [2.75, 3.05) is 0 Å². The van der Waals surface area contributed by atoms with Crippen molar-refractivity contribution in [3.05, 3.63) is 57.9 Å². The largest absolute Gasteiger partial charge is 0.487 e. The molecule has 24 heavy (non-hydrogen) atoms. The van der Waals surface area contributed by atoms with E-state index >= 15 is 0 Å². The summed E-state index contributed by atoms with van der Waals surface area (Å²) in [6, 6.07) is 8.02. The molecule has 0 aliphatic carbocycles. The number of aryl methyl sites for hydroxylation is 2. The number of carbonyl (C=O) groups excluding carboxylic acids is 1. The highest BCUT2D eigenvalue weighted by atomic mass is 35.5. The predicted molar refractivity (Wildman–Crippen MR) is 92.2 cm³/mol. The van der Waals surface area contributed by atoms with Crippen LogP contribution in [0.15, 0.2) is 30.3 Å². The van der Waals surface area contributed by atoms with Crippen LogP contribution in [0.25, 0.3) is 0 Å². The van der Waals surface area contributed by atoms with Gasteiger partial charge in [0.1, 0.15) is 23.9 Å². The van der Waals surface area contributed by atoms with Crippen molar-refractivity contribution < 1.29 is 18.7 Å². The maximum atomic E-state index is 14.1. The molecule has 0 radical (unpaired) electrons. The van der Waals surface area contributed by atoms with E-state index in [2.05, 4.69) is 0 Å². The Balaban J connectivity index is 2.23. The zero-order valence-electron chi connectivity index (χ0n) is 14.0. The highest BCUT2D eigenvalue weighted by Gasteiger charge is 2.14. The molecule has 3 nitrogen and oxygen atoms in total. The van der Waals surface area contributed by atoms with Gasteiger partial charge in [0.25, 0.3) is 0 Å². The number of halogens is 2. The van der Waals surface area contributed by atoms with Crippen molar-refractivity contribution in [2.45, 2.75) is 40.2 Å². The Morgan fingerprint density at radius 2 is 1.96 bits per heavy atom. The molecule has 0 heterocycles. The Bertz CT molecular complexity index is 744. The number of hydrogen-bond donors (Lipinski definition) is 0. The van der Waals surface area contributed by atoms with Crippen LogP contribution in [-0.4, -0.2) is 5.97 Å². The second kappa shape index (κ2) is 8.15. The summed E-state index contributed by atoms with van der Waals surface area (Å²) in [5, 5.41) is 0.473. The van der Waals surface area contributed by atoms with Gasteiger partial charge in [-0.1, -0.05) is 31.5 Å². The molecule has 0 spiro atoms. The van der Waals surface area contributed by atoms with Crippen LogP contribution in [0.5, 0.6) is 11.5 Å². The summed E-state index contributed by atoms with van der Waals surface area (Å²) in [5.41, 5.74) is 2.38. The molecule has 5 heteroatoms. The highest BCUT2D eigenvalue weighted by Crippen LogP contribution is 2.31. The quantitative estimate of drug-likeness (QED) is 0.527. The van der Waals surface area contributed by atoms with E-state index in [9.17, 15) is 9.18 Å². The van der Waals surface area contributed by atoms with E-state index in [-0.39, 0.29) is 24.3 Å². The Morgan fingerprint density at radius 1 is 1.21 bits per heavy atom. The van der Waals surface area contributed by atoms with Gasteiger partial charge in [0, 0.05) is 6.42 Å². The molecule has 0 aliphatic heterocycles. The molecule has 0 saturated heterocycles. The fraction of sp³-hybridized carbons (Fsp3) is 0.316. The molecule has 0 fully saturated rings. The van der Waals surface area contributed by atoms with Gasteiger partial charge in [-0.2, -0.15) is 0 Å². The number of esters is 1. The van der Waals surface area contributed by atoms with E-state index in [0.29, 0.717) is 10.8 Å². The van der Waals surface area contributed by atoms with Crippen LogP contribution in [0.4, 0.5) is 4.39 Å². The van der Waals surface area contributed by atoms with Gasteiger partial charge in [0.2, 0.25) is 0 Å². The van der Waals surface area contributed by atoms with Crippen molar-refractivity contribution in [2.24, 2.45) is 0 Å². The Labute approximate surface area is 146 Å². The third-order valence-corrected chi connectivity index (χ3v) is 4.03. The van der Waals surface area contributed by atoms with E-state index in [1.165, 1.54) is 12.1 Å². The second-order valence-electron chi connectivity index (χ2n) is 5.40. The van der Waals surface area contributed by atoms with Gasteiger partial charge in [-0.3, -0.25) is 4.79 Å². The highest BCUT2D eigenvalue weighted by molar-refractivity contribution is 6.32. The average molecular weight is 351 g/mol. The number of benzene rings is 2. The number of hydrogen-bond acceptors (Lipinski definition) is 3. The molecule has 0 saturated carbocycles. The molecule has 0 aliphatic rings. The first kappa shape index (κ1) is 18.3. The maximum Gasteiger partial charge on any atom is 0.310 e. The normalized spacial score (nSPS) is 10.5. The van der Waals surface area contributed by atoms with Crippen molar-refractivity contribution >= 4 is 17.6 Å². The van der Waals surface area contributed by atoms with Gasteiger partial charge in [0.15, 0.2) is 0 Å². The Hall–Kier alpha value is -2.07. The van der Waals surface area contributed by atoms with Crippen LogP contribution in [0.3, 0.4) is 0 Å². The summed E-state index contributed by atoms with van der Waals surface area (Å²) in [5.74, 6) is -0.278. The number of rotatable bonds is 6. The first-order valence-electron chi connectivity index (χ1n) is 7.86. The van der Waals surface area contributed by atoms with Gasteiger partial charge in [-0.25, -0.2) is 4.39 Å². The van der Waals surface area contributed by atoms with Gasteiger partial charge in [-0.05, 0) is 48.7 Å². The van der Waals surface area contributed by atoms with E-state index in [1.807, 2.05) is 26.0 Å². The minimum Gasteiger partial charge on any atom is -0.487 e. The van der Waals surface area contributed by atoms with Crippen LogP contribution in [0.1, 0.15) is 37.0 Å². The lowest BCUT2D eigenvalue weighted by Gasteiger charge is -2.14. The van der Waals surface area contributed by atoms with Crippen LogP contribution >= 0.6 is 11.6 Å². The molecule has 2 aromatic carbocycles. The molecular weight excluding hydrogens is 331 g/mol. The standard InChI is InChI=1S/C19H20ClFO3/c1-4-13-10-15(20)18(9-12(13)3)23-11-14-16(21)7-6-8-17(14)24-19(22)5-2/h6-10H,4-5,11H2,1-3H3. The van der Waals surface area contributed by atoms with E-state index in [1.54, 1.807) is 13.0 Å². The zero-order chi connectivity index (χ0) is 17.7. The Kier molecular flexibility index (Phi) is 6.21. The number of ether oxygens (including phenoxy) is 2. The monoisotopic (exact) mass is 350 g/mol. The van der Waals surface area contributed by atoms with Crippen molar-refractivity contribution in [1.82, 2.24) is 0 Å². The van der Waals surface area contributed by atoms with Crippen molar-refractivity contribution in [3.63, 3.8) is 0 Å². The van der Waals surface area contributed by atoms with Gasteiger partial charge in [0.05, 0.1) is 10.6 Å². The van der Waals surface area contributed by atoms with E-state index in [0.717, 1.165) is 17.5 Å². The van der Waals surface area contributed by atoms with Crippen LogP contribution in [0, 0.1) is 12.7 Å². The lowest BCUT2D eigenvalue weighted by Crippen LogP contribution is -2.10. The third-order valence-electron chi connectivity index (χ3n) is 3.73. The molecule has 0 bridgehead atoms. The summed E-state index contributed by atoms with van der Waals surface area (Å²) in [6.45, 7) is 5.62. The first-order valence-corrected chi connectivity index (χ1v) is 8.23. The number of carbonyl (C=O) groups is 1. The summed E-state index contributed by atoms with van der Waals surface area (Å²) in [7, 11) is 0. The van der Waals surface area contributed by atoms with Crippen LogP contribution in [-0.2, 0) is 17.8 Å². The Morgan fingerprint density at radius 3 is 2.62 bits per heavy atom. The zero-order valence-corrected chi connectivity index (χ0v) is 14.7. The minimum atomic E-state index is -0.491. The summed E-state index contributed by atoms with van der Waals surface area (Å²) < 4.78 is 24.9. The fourth-order valence-electron chi connectivity index (χ4n) is 2.31. The summed E-state index contributed by atoms with van der Waals surface area (Å²) in [6.07, 6.45) is 1.08. The molecule has 2 rings (SSSR count). The fourth-order valence-corrected chi connectivity index (χ4v) is 2.55. The van der Waals surface area contributed by atoms with E-state index < -0.39 is 11.8 Å². The smallest absolute Gasteiger partial charge is 0.310 e. The second-order valence-corrected chi connectivity index (χ2v) is 5.80. The van der Waals surface area contributed by atoms with Gasteiger partial charge >= 0.3 is 5.97 Å². The third kappa shape index (κ3) is 4.26. The van der Waals surface area contributed by atoms with E-state index in [4.69, 9.17) is 21.1 Å². The van der Waals surface area contributed by atoms with Gasteiger partial charge in [-0.15, -0.1) is 0 Å². The summed E-state index contributed by atoms with van der Waals surface area (Å²) in [4.78, 5) is 11.5. The first-order chi connectivity index (χ1) is 11.5. The van der Waals surface area contributed by atoms with Crippen molar-refractivity contribution in [3.8, 4) is 11.5 Å². The van der Waals surface area contributed by atoms with Crippen molar-refractivity contribution in [1.29, 1.82) is 0 Å². The SMILES string of the molecule is CCC(=O)Oc1cccc(F)c1COc1cc(C)c(CC)cc1Cl. The van der Waals surface area contributed by atoms with Crippen LogP contribution in [0.2, 0.25) is 5.02 Å². The average Bonchev–Trinajstić information content (AvgIpc) is 2.56. The summed E-state index contributed by atoms with van der Waals surface area (Å²) >= 11 is 6.23. The molecule has 0 amide bonds. The molecule has 0 aromatic heterocycles. The molecule has 2 aromatic rings. The predicted octanol–water partition coefficient (Wildman–Crippen LogP) is 5.24. The lowest BCUT2D eigenvalue weighted by molar-refractivity contribution is -0.134. The molecular formula is C19H20ClFO3. The maximum absolute atomic E-state index is 14.1. The molecule has 128 valence electrons. The lowest BCUT2D eigenvalue weighted by atomic mass is 10.1.